The van der Waals surface area contributed by atoms with Crippen molar-refractivity contribution in [2.45, 2.75) is 32.7 Å². The Labute approximate surface area is 119 Å². The third-order valence-electron chi connectivity index (χ3n) is 3.31. The van der Waals surface area contributed by atoms with Crippen LogP contribution in [0.2, 0.25) is 0 Å². The Morgan fingerprint density at radius 1 is 1.42 bits per heavy atom. The van der Waals surface area contributed by atoms with Gasteiger partial charge in [0.25, 0.3) is 0 Å². The second-order valence-electron chi connectivity index (χ2n) is 6.06. The van der Waals surface area contributed by atoms with Gasteiger partial charge in [0.1, 0.15) is 0 Å². The predicted molar refractivity (Wildman–Crippen MR) is 82.5 cm³/mol. The Balaban J connectivity index is 1.94. The first-order valence-electron chi connectivity index (χ1n) is 6.66. The van der Waals surface area contributed by atoms with E-state index in [0.717, 1.165) is 17.0 Å². The molecule has 3 N–H and O–H groups in total. The van der Waals surface area contributed by atoms with E-state index in [0.29, 0.717) is 17.9 Å². The minimum Gasteiger partial charge on any atom is -0.381 e. The van der Waals surface area contributed by atoms with Crippen molar-refractivity contribution in [3.05, 3.63) is 29.8 Å². The third-order valence-corrected chi connectivity index (χ3v) is 4.94. The predicted octanol–water partition coefficient (Wildman–Crippen LogP) is 2.66. The molecule has 0 spiro atoms. The Hall–Kier alpha value is -1.16. The Bertz CT molecular complexity index is 442. The standard InChI is InChI=1S/C15H22N2OS/c1-15(2)8-13(9-19-10-15)17-12-5-3-11(4-6-12)7-14(16)18/h3-6,13,17H,7-10H2,1-2H3,(H2,16,18). The Morgan fingerprint density at radius 2 is 2.11 bits per heavy atom. The van der Waals surface area contributed by atoms with Crippen molar-refractivity contribution >= 4 is 23.4 Å². The maximum absolute atomic E-state index is 10.8. The lowest BCUT2D eigenvalue weighted by molar-refractivity contribution is -0.117. The van der Waals surface area contributed by atoms with Gasteiger partial charge in [-0.05, 0) is 35.3 Å². The summed E-state index contributed by atoms with van der Waals surface area (Å²) in [6.45, 7) is 4.65. The average Bonchev–Trinajstić information content (AvgIpc) is 2.30. The van der Waals surface area contributed by atoms with Crippen LogP contribution in [0.4, 0.5) is 5.69 Å². The van der Waals surface area contributed by atoms with Crippen LogP contribution in [-0.4, -0.2) is 23.5 Å². The molecule has 0 aliphatic carbocycles. The molecule has 1 fully saturated rings. The number of hydrogen-bond acceptors (Lipinski definition) is 3. The number of nitrogens with two attached hydrogens (primary N) is 1. The number of anilines is 1. The number of carbonyl (C=O) groups excluding carboxylic acids is 1. The van der Waals surface area contributed by atoms with Crippen LogP contribution in [0.3, 0.4) is 0 Å². The van der Waals surface area contributed by atoms with Gasteiger partial charge < -0.3 is 11.1 Å². The molecule has 3 nitrogen and oxygen atoms in total. The van der Waals surface area contributed by atoms with Crippen LogP contribution in [0, 0.1) is 5.41 Å². The van der Waals surface area contributed by atoms with Crippen molar-refractivity contribution in [1.29, 1.82) is 0 Å². The van der Waals surface area contributed by atoms with E-state index in [9.17, 15) is 4.79 Å². The number of hydrogen-bond donors (Lipinski definition) is 2. The summed E-state index contributed by atoms with van der Waals surface area (Å²) in [5.74, 6) is 2.11. The molecule has 104 valence electrons. The zero-order valence-electron chi connectivity index (χ0n) is 11.6. The van der Waals surface area contributed by atoms with Crippen molar-refractivity contribution < 1.29 is 4.79 Å². The first-order chi connectivity index (χ1) is 8.94. The number of primary amides is 1. The van der Waals surface area contributed by atoms with Crippen molar-refractivity contribution in [3.8, 4) is 0 Å². The van der Waals surface area contributed by atoms with Gasteiger partial charge in [-0.3, -0.25) is 4.79 Å². The van der Waals surface area contributed by atoms with Gasteiger partial charge in [-0.15, -0.1) is 0 Å². The fraction of sp³-hybridized carbons (Fsp3) is 0.533. The van der Waals surface area contributed by atoms with Gasteiger partial charge in [-0.1, -0.05) is 26.0 Å². The number of thioether (sulfide) groups is 1. The van der Waals surface area contributed by atoms with Gasteiger partial charge in [0.05, 0.1) is 6.42 Å². The summed E-state index contributed by atoms with van der Waals surface area (Å²) in [5, 5.41) is 3.58. The van der Waals surface area contributed by atoms with Crippen LogP contribution in [0.25, 0.3) is 0 Å². The molecule has 4 heteroatoms. The summed E-state index contributed by atoms with van der Waals surface area (Å²) in [7, 11) is 0. The van der Waals surface area contributed by atoms with Crippen molar-refractivity contribution in [2.24, 2.45) is 11.1 Å². The van der Waals surface area contributed by atoms with Crippen LogP contribution >= 0.6 is 11.8 Å². The molecule has 1 unspecified atom stereocenters. The molecular weight excluding hydrogens is 256 g/mol. The molecule has 1 aliphatic rings. The average molecular weight is 278 g/mol. The highest BCUT2D eigenvalue weighted by Gasteiger charge is 2.28. The summed E-state index contributed by atoms with van der Waals surface area (Å²) in [6, 6.07) is 8.52. The number of carbonyl (C=O) groups is 1. The molecular formula is C15H22N2OS. The molecule has 1 atom stereocenters. The van der Waals surface area contributed by atoms with E-state index in [1.807, 2.05) is 36.0 Å². The summed E-state index contributed by atoms with van der Waals surface area (Å²) >= 11 is 2.02. The van der Waals surface area contributed by atoms with E-state index >= 15 is 0 Å². The van der Waals surface area contributed by atoms with Crippen LogP contribution in [0.5, 0.6) is 0 Å². The fourth-order valence-corrected chi connectivity index (χ4v) is 3.78. The highest BCUT2D eigenvalue weighted by atomic mass is 32.2. The molecule has 2 rings (SSSR count). The lowest BCUT2D eigenvalue weighted by atomic mass is 9.88. The highest BCUT2D eigenvalue weighted by molar-refractivity contribution is 7.99. The molecule has 19 heavy (non-hydrogen) atoms. The molecule has 1 saturated heterocycles. The summed E-state index contributed by atoms with van der Waals surface area (Å²) in [6.07, 6.45) is 1.51. The van der Waals surface area contributed by atoms with Crippen LogP contribution in [0.15, 0.2) is 24.3 Å². The minimum atomic E-state index is -0.286. The maximum atomic E-state index is 10.8. The molecule has 0 saturated carbocycles. The molecule has 1 aromatic rings. The van der Waals surface area contributed by atoms with E-state index in [-0.39, 0.29) is 5.91 Å². The SMILES string of the molecule is CC1(C)CSCC(Nc2ccc(CC(N)=O)cc2)C1. The van der Waals surface area contributed by atoms with Gasteiger partial charge in [-0.25, -0.2) is 0 Å². The smallest absolute Gasteiger partial charge is 0.221 e. The Kier molecular flexibility index (Phi) is 4.40. The quantitative estimate of drug-likeness (QED) is 0.890. The second-order valence-corrected chi connectivity index (χ2v) is 7.09. The maximum Gasteiger partial charge on any atom is 0.221 e. The summed E-state index contributed by atoms with van der Waals surface area (Å²) in [4.78, 5) is 10.8. The van der Waals surface area contributed by atoms with E-state index in [1.54, 1.807) is 0 Å². The van der Waals surface area contributed by atoms with Crippen molar-refractivity contribution in [3.63, 3.8) is 0 Å². The summed E-state index contributed by atoms with van der Waals surface area (Å²) < 4.78 is 0. The molecule has 1 heterocycles. The number of rotatable bonds is 4. The molecule has 0 bridgehead atoms. The van der Waals surface area contributed by atoms with Crippen molar-refractivity contribution in [1.82, 2.24) is 0 Å². The van der Waals surface area contributed by atoms with Gasteiger partial charge in [0, 0.05) is 17.5 Å². The number of nitrogens with one attached hydrogen (secondary N) is 1. The van der Waals surface area contributed by atoms with E-state index in [4.69, 9.17) is 5.73 Å². The van der Waals surface area contributed by atoms with Gasteiger partial charge in [0.15, 0.2) is 0 Å². The zero-order valence-corrected chi connectivity index (χ0v) is 12.4. The molecule has 1 amide bonds. The first-order valence-corrected chi connectivity index (χ1v) is 7.82. The van der Waals surface area contributed by atoms with E-state index in [1.165, 1.54) is 12.2 Å². The van der Waals surface area contributed by atoms with Crippen LogP contribution < -0.4 is 11.1 Å². The van der Waals surface area contributed by atoms with Gasteiger partial charge in [-0.2, -0.15) is 11.8 Å². The molecule has 1 aliphatic heterocycles. The summed E-state index contributed by atoms with van der Waals surface area (Å²) in [5.41, 5.74) is 7.68. The van der Waals surface area contributed by atoms with Crippen molar-refractivity contribution in [2.75, 3.05) is 16.8 Å². The van der Waals surface area contributed by atoms with Gasteiger partial charge >= 0.3 is 0 Å². The molecule has 0 radical (unpaired) electrons. The van der Waals surface area contributed by atoms with E-state index < -0.39 is 0 Å². The third kappa shape index (κ3) is 4.46. The zero-order chi connectivity index (χ0) is 13.9. The topological polar surface area (TPSA) is 55.1 Å². The monoisotopic (exact) mass is 278 g/mol. The lowest BCUT2D eigenvalue weighted by Gasteiger charge is -2.35. The second kappa shape index (κ2) is 5.87. The van der Waals surface area contributed by atoms with Crippen LogP contribution in [0.1, 0.15) is 25.8 Å². The Morgan fingerprint density at radius 3 is 2.68 bits per heavy atom. The molecule has 0 aromatic heterocycles. The first kappa shape index (κ1) is 14.3. The fourth-order valence-electron chi connectivity index (χ4n) is 2.51. The van der Waals surface area contributed by atoms with Crippen LogP contribution in [-0.2, 0) is 11.2 Å². The lowest BCUT2D eigenvalue weighted by Crippen LogP contribution is -2.35. The largest absolute Gasteiger partial charge is 0.381 e. The highest BCUT2D eigenvalue weighted by Crippen LogP contribution is 2.34. The minimum absolute atomic E-state index is 0.286. The van der Waals surface area contributed by atoms with E-state index in [2.05, 4.69) is 19.2 Å². The molecule has 1 aromatic carbocycles. The number of benzene rings is 1. The number of amides is 1. The normalized spacial score (nSPS) is 21.9. The van der Waals surface area contributed by atoms with Gasteiger partial charge in [0.2, 0.25) is 5.91 Å².